The Balaban J connectivity index is 1.62. The third kappa shape index (κ3) is 4.54. The number of hydrogen-bond acceptors (Lipinski definition) is 3. The van der Waals surface area contributed by atoms with Gasteiger partial charge in [-0.05, 0) is 37.3 Å². The first-order valence-electron chi connectivity index (χ1n) is 9.81. The predicted octanol–water partition coefficient (Wildman–Crippen LogP) is 2.80. The van der Waals surface area contributed by atoms with E-state index >= 15 is 0 Å². The Bertz CT molecular complexity index is 621. The van der Waals surface area contributed by atoms with Crippen LogP contribution in [0.1, 0.15) is 51.0 Å². The second kappa shape index (κ2) is 8.52. The number of carbonyl (C=O) groups is 2. The van der Waals surface area contributed by atoms with Gasteiger partial charge < -0.3 is 15.1 Å². The normalized spacial score (nSPS) is 23.3. The van der Waals surface area contributed by atoms with Crippen LogP contribution in [-0.4, -0.2) is 52.9 Å². The third-order valence-corrected chi connectivity index (χ3v) is 5.60. The SMILES string of the molecule is CCCCNC(=O)N1CCC[C@@]2(CCC(=O)N(Cc3cccnc3)C2)C1. The molecule has 0 radical (unpaired) electrons. The highest BCUT2D eigenvalue weighted by atomic mass is 16.2. The molecule has 2 saturated heterocycles. The molecule has 142 valence electrons. The molecule has 0 unspecified atom stereocenters. The minimum atomic E-state index is 0.0382. The molecule has 0 saturated carbocycles. The summed E-state index contributed by atoms with van der Waals surface area (Å²) in [4.78, 5) is 33.0. The topological polar surface area (TPSA) is 65.5 Å². The van der Waals surface area contributed by atoms with E-state index in [1.807, 2.05) is 28.1 Å². The van der Waals surface area contributed by atoms with Crippen LogP contribution in [0.5, 0.6) is 0 Å². The summed E-state index contributed by atoms with van der Waals surface area (Å²) in [5.74, 6) is 0.212. The highest BCUT2D eigenvalue weighted by Gasteiger charge is 2.42. The molecule has 2 fully saturated rings. The zero-order valence-electron chi connectivity index (χ0n) is 15.7. The summed E-state index contributed by atoms with van der Waals surface area (Å²) >= 11 is 0. The molecule has 6 nitrogen and oxygen atoms in total. The summed E-state index contributed by atoms with van der Waals surface area (Å²) in [6, 6.07) is 3.96. The molecule has 1 spiro atoms. The maximum absolute atomic E-state index is 12.5. The number of urea groups is 1. The molecule has 0 aromatic carbocycles. The van der Waals surface area contributed by atoms with Crippen molar-refractivity contribution in [3.8, 4) is 0 Å². The maximum atomic E-state index is 12.5. The molecule has 2 aliphatic rings. The van der Waals surface area contributed by atoms with Crippen LogP contribution in [0.15, 0.2) is 24.5 Å². The largest absolute Gasteiger partial charge is 0.338 e. The highest BCUT2D eigenvalue weighted by molar-refractivity contribution is 5.77. The van der Waals surface area contributed by atoms with E-state index in [-0.39, 0.29) is 17.4 Å². The van der Waals surface area contributed by atoms with E-state index in [0.717, 1.165) is 63.8 Å². The molecular weight excluding hydrogens is 328 g/mol. The number of carbonyl (C=O) groups excluding carboxylic acids is 2. The second-order valence-electron chi connectivity index (χ2n) is 7.72. The summed E-state index contributed by atoms with van der Waals surface area (Å²) in [6.07, 6.45) is 9.22. The van der Waals surface area contributed by atoms with Crippen LogP contribution < -0.4 is 5.32 Å². The first kappa shape index (κ1) is 18.7. The van der Waals surface area contributed by atoms with Gasteiger partial charge in [-0.25, -0.2) is 4.79 Å². The number of hydrogen-bond donors (Lipinski definition) is 1. The number of rotatable bonds is 5. The Labute approximate surface area is 156 Å². The zero-order valence-corrected chi connectivity index (χ0v) is 15.7. The molecule has 6 heteroatoms. The minimum Gasteiger partial charge on any atom is -0.338 e. The minimum absolute atomic E-state index is 0.0382. The lowest BCUT2D eigenvalue weighted by atomic mass is 9.73. The van der Waals surface area contributed by atoms with Crippen molar-refractivity contribution in [3.63, 3.8) is 0 Å². The maximum Gasteiger partial charge on any atom is 0.317 e. The average Bonchev–Trinajstić information content (AvgIpc) is 2.66. The van der Waals surface area contributed by atoms with Crippen molar-refractivity contribution in [1.82, 2.24) is 20.1 Å². The van der Waals surface area contributed by atoms with Gasteiger partial charge in [0.2, 0.25) is 5.91 Å². The summed E-state index contributed by atoms with van der Waals surface area (Å²) < 4.78 is 0. The fourth-order valence-electron chi connectivity index (χ4n) is 4.16. The van der Waals surface area contributed by atoms with Crippen LogP contribution in [0.2, 0.25) is 0 Å². The molecule has 1 aromatic heterocycles. The summed E-state index contributed by atoms with van der Waals surface area (Å²) in [5.41, 5.74) is 1.10. The molecule has 1 aromatic rings. The van der Waals surface area contributed by atoms with Crippen molar-refractivity contribution in [3.05, 3.63) is 30.1 Å². The quantitative estimate of drug-likeness (QED) is 0.823. The molecule has 3 amide bonds. The lowest BCUT2D eigenvalue weighted by Gasteiger charge is -2.48. The van der Waals surface area contributed by atoms with E-state index in [4.69, 9.17) is 0 Å². The van der Waals surface area contributed by atoms with Crippen molar-refractivity contribution >= 4 is 11.9 Å². The van der Waals surface area contributed by atoms with Gasteiger partial charge in [-0.3, -0.25) is 9.78 Å². The van der Waals surface area contributed by atoms with Crippen LogP contribution in [0.25, 0.3) is 0 Å². The molecule has 0 aliphatic carbocycles. The smallest absolute Gasteiger partial charge is 0.317 e. The number of nitrogens with one attached hydrogen (secondary N) is 1. The van der Waals surface area contributed by atoms with Crippen molar-refractivity contribution in [2.45, 2.75) is 52.0 Å². The Morgan fingerprint density at radius 2 is 2.23 bits per heavy atom. The summed E-state index contributed by atoms with van der Waals surface area (Å²) in [7, 11) is 0. The van der Waals surface area contributed by atoms with Gasteiger partial charge in [0, 0.05) is 57.0 Å². The van der Waals surface area contributed by atoms with Gasteiger partial charge in [0.1, 0.15) is 0 Å². The second-order valence-corrected chi connectivity index (χ2v) is 7.72. The Morgan fingerprint density at radius 3 is 3.00 bits per heavy atom. The van der Waals surface area contributed by atoms with Crippen molar-refractivity contribution in [1.29, 1.82) is 0 Å². The molecule has 1 atom stereocenters. The van der Waals surface area contributed by atoms with E-state index in [1.165, 1.54) is 0 Å². The molecule has 26 heavy (non-hydrogen) atoms. The molecule has 3 rings (SSSR count). The Kier molecular flexibility index (Phi) is 6.12. The standard InChI is InChI=1S/C20H30N4O2/c1-2-3-11-22-19(26)23-12-5-8-20(15-23)9-7-18(25)24(16-20)14-17-6-4-10-21-13-17/h4,6,10,13H,2-3,5,7-9,11-12,14-16H2,1H3,(H,22,26)/t20-/m1/s1. The first-order valence-corrected chi connectivity index (χ1v) is 9.81. The van der Waals surface area contributed by atoms with Crippen LogP contribution in [0, 0.1) is 5.41 Å². The predicted molar refractivity (Wildman–Crippen MR) is 100 cm³/mol. The van der Waals surface area contributed by atoms with E-state index in [9.17, 15) is 9.59 Å². The van der Waals surface area contributed by atoms with Crippen molar-refractivity contribution in [2.75, 3.05) is 26.2 Å². The Hall–Kier alpha value is -2.11. The van der Waals surface area contributed by atoms with Crippen molar-refractivity contribution in [2.24, 2.45) is 5.41 Å². The van der Waals surface area contributed by atoms with Gasteiger partial charge in [-0.15, -0.1) is 0 Å². The number of piperidine rings is 2. The fourth-order valence-corrected chi connectivity index (χ4v) is 4.16. The molecule has 1 N–H and O–H groups in total. The zero-order chi connectivity index (χ0) is 18.4. The monoisotopic (exact) mass is 358 g/mol. The molecular formula is C20H30N4O2. The van der Waals surface area contributed by atoms with E-state index < -0.39 is 0 Å². The number of aromatic nitrogens is 1. The molecule has 0 bridgehead atoms. The highest BCUT2D eigenvalue weighted by Crippen LogP contribution is 2.39. The number of unbranched alkanes of at least 4 members (excludes halogenated alkanes) is 1. The molecule has 3 heterocycles. The van der Waals surface area contributed by atoms with Gasteiger partial charge in [0.25, 0.3) is 0 Å². The Morgan fingerprint density at radius 1 is 1.35 bits per heavy atom. The van der Waals surface area contributed by atoms with Gasteiger partial charge in [-0.1, -0.05) is 19.4 Å². The van der Waals surface area contributed by atoms with Gasteiger partial charge in [0.05, 0.1) is 0 Å². The number of pyridine rings is 1. The van der Waals surface area contributed by atoms with E-state index in [1.54, 1.807) is 6.20 Å². The van der Waals surface area contributed by atoms with Gasteiger partial charge in [0.15, 0.2) is 0 Å². The fraction of sp³-hybridized carbons (Fsp3) is 0.650. The van der Waals surface area contributed by atoms with Crippen molar-refractivity contribution < 1.29 is 9.59 Å². The lowest BCUT2D eigenvalue weighted by Crippen LogP contribution is -2.56. The van der Waals surface area contributed by atoms with Crippen LogP contribution in [0.3, 0.4) is 0 Å². The van der Waals surface area contributed by atoms with Crippen LogP contribution in [-0.2, 0) is 11.3 Å². The average molecular weight is 358 g/mol. The third-order valence-electron chi connectivity index (χ3n) is 5.60. The summed E-state index contributed by atoms with van der Waals surface area (Å²) in [6.45, 7) is 5.77. The van der Waals surface area contributed by atoms with E-state index in [2.05, 4.69) is 17.2 Å². The summed E-state index contributed by atoms with van der Waals surface area (Å²) in [5, 5.41) is 3.03. The van der Waals surface area contributed by atoms with E-state index in [0.29, 0.717) is 13.0 Å². The number of likely N-dealkylation sites (tertiary alicyclic amines) is 2. The van der Waals surface area contributed by atoms with Gasteiger partial charge >= 0.3 is 6.03 Å². The van der Waals surface area contributed by atoms with Gasteiger partial charge in [-0.2, -0.15) is 0 Å². The lowest BCUT2D eigenvalue weighted by molar-refractivity contribution is -0.139. The molecule has 2 aliphatic heterocycles. The number of nitrogens with zero attached hydrogens (tertiary/aromatic N) is 3. The van der Waals surface area contributed by atoms with Crippen LogP contribution in [0.4, 0.5) is 4.79 Å². The van der Waals surface area contributed by atoms with Crippen LogP contribution >= 0.6 is 0 Å². The first-order chi connectivity index (χ1) is 12.6. The number of amides is 3.